The van der Waals surface area contributed by atoms with Crippen molar-refractivity contribution >= 4 is 11.0 Å². The van der Waals surface area contributed by atoms with Gasteiger partial charge in [0.2, 0.25) is 6.29 Å². The highest BCUT2D eigenvalue weighted by molar-refractivity contribution is 5.81. The molecule has 5 heterocycles. The zero-order valence-electron chi connectivity index (χ0n) is 29.8. The van der Waals surface area contributed by atoms with Crippen LogP contribution in [-0.4, -0.2) is 204 Å². The van der Waals surface area contributed by atoms with Crippen LogP contribution in [0.3, 0.4) is 0 Å². The third kappa shape index (κ3) is 8.74. The Balaban J connectivity index is 1.07. The smallest absolute Gasteiger partial charge is 0.336 e. The van der Waals surface area contributed by atoms with Gasteiger partial charge < -0.3 is 104 Å². The molecule has 0 bridgehead atoms. The molecule has 22 nitrogen and oxygen atoms in total. The highest BCUT2D eigenvalue weighted by atomic mass is 16.8. The lowest BCUT2D eigenvalue weighted by Gasteiger charge is -2.48. The topological polar surface area (TPSA) is 347 Å². The van der Waals surface area contributed by atoms with Crippen LogP contribution in [0.5, 0.6) is 5.75 Å². The van der Waals surface area contributed by atoms with Crippen LogP contribution in [-0.2, 0) is 33.2 Å². The highest BCUT2D eigenvalue weighted by Crippen LogP contribution is 2.35. The van der Waals surface area contributed by atoms with Crippen LogP contribution in [0.1, 0.15) is 12.0 Å². The molecular weight excluding hydrogens is 760 g/mol. The third-order valence-corrected chi connectivity index (χ3v) is 10.2. The van der Waals surface area contributed by atoms with Crippen LogP contribution < -0.4 is 10.4 Å². The maximum atomic E-state index is 11.8. The second kappa shape index (κ2) is 18.2. The van der Waals surface area contributed by atoms with E-state index in [1.165, 1.54) is 18.2 Å². The molecule has 4 aliphatic rings. The van der Waals surface area contributed by atoms with E-state index >= 15 is 0 Å². The van der Waals surface area contributed by atoms with E-state index in [-0.39, 0.29) is 11.3 Å². The fourth-order valence-corrected chi connectivity index (χ4v) is 7.15. The summed E-state index contributed by atoms with van der Waals surface area (Å²) in [5.74, 6) is 0.0844. The number of rotatable bonds is 12. The number of benzene rings is 1. The summed E-state index contributed by atoms with van der Waals surface area (Å²) in [6, 6.07) is 5.81. The lowest BCUT2D eigenvalue weighted by Crippen LogP contribution is -2.66. The van der Waals surface area contributed by atoms with Crippen LogP contribution >= 0.6 is 0 Å². The van der Waals surface area contributed by atoms with E-state index in [0.717, 1.165) is 0 Å². The first-order valence-electron chi connectivity index (χ1n) is 17.9. The number of hydrogen-bond acceptors (Lipinski definition) is 22. The predicted molar refractivity (Wildman–Crippen MR) is 178 cm³/mol. The minimum absolute atomic E-state index is 0.0844. The lowest BCUT2D eigenvalue weighted by molar-refractivity contribution is -0.375. The van der Waals surface area contributed by atoms with Crippen molar-refractivity contribution in [3.8, 4) is 5.75 Å². The number of ether oxygens (including phenoxy) is 8. The monoisotopic (exact) mass is 808 g/mol. The Morgan fingerprint density at radius 2 is 1.11 bits per heavy atom. The van der Waals surface area contributed by atoms with Crippen LogP contribution in [0.2, 0.25) is 0 Å². The van der Waals surface area contributed by atoms with Gasteiger partial charge in [-0.05, 0) is 24.6 Å². The number of aliphatic hydroxyl groups excluding tert-OH is 12. The summed E-state index contributed by atoms with van der Waals surface area (Å²) in [6.45, 7) is -1.45. The predicted octanol–water partition coefficient (Wildman–Crippen LogP) is -6.22. The van der Waals surface area contributed by atoms with Crippen molar-refractivity contribution < 1.29 is 104 Å². The number of hydrogen-bond donors (Lipinski definition) is 12. The van der Waals surface area contributed by atoms with Gasteiger partial charge >= 0.3 is 5.63 Å². The molecule has 0 amide bonds. The van der Waals surface area contributed by atoms with Crippen LogP contribution in [0.25, 0.3) is 11.0 Å². The first-order chi connectivity index (χ1) is 26.7. The average molecular weight is 809 g/mol. The second-order valence-electron chi connectivity index (χ2n) is 14.0. The largest absolute Gasteiger partial charge is 0.462 e. The molecule has 4 aliphatic heterocycles. The molecule has 316 valence electrons. The van der Waals surface area contributed by atoms with Gasteiger partial charge in [0, 0.05) is 23.9 Å². The third-order valence-electron chi connectivity index (χ3n) is 10.2. The molecule has 1 aromatic carbocycles. The Labute approximate surface area is 317 Å². The number of aliphatic hydroxyl groups is 12. The minimum Gasteiger partial charge on any atom is -0.462 e. The molecule has 1 aromatic heterocycles. The van der Waals surface area contributed by atoms with Gasteiger partial charge in [-0.25, -0.2) is 4.79 Å². The molecule has 0 saturated carbocycles. The molecule has 0 spiro atoms. The molecule has 2 aromatic rings. The van der Waals surface area contributed by atoms with Crippen LogP contribution in [0, 0.1) is 6.92 Å². The molecule has 4 fully saturated rings. The summed E-state index contributed by atoms with van der Waals surface area (Å²) in [6.07, 6.45) is -31.3. The van der Waals surface area contributed by atoms with Crippen molar-refractivity contribution in [2.24, 2.45) is 0 Å². The van der Waals surface area contributed by atoms with Crippen LogP contribution in [0.4, 0.5) is 0 Å². The van der Waals surface area contributed by atoms with Gasteiger partial charge in [0.1, 0.15) is 96.8 Å². The van der Waals surface area contributed by atoms with E-state index < -0.39 is 155 Å². The quantitative estimate of drug-likeness (QED) is 0.0888. The molecule has 22 heteroatoms. The van der Waals surface area contributed by atoms with E-state index in [2.05, 4.69) is 0 Å². The van der Waals surface area contributed by atoms with Crippen molar-refractivity contribution in [3.05, 3.63) is 40.2 Å². The van der Waals surface area contributed by atoms with Gasteiger partial charge in [0.05, 0.1) is 32.5 Å². The first-order valence-corrected chi connectivity index (χ1v) is 17.9. The maximum absolute atomic E-state index is 11.8. The van der Waals surface area contributed by atoms with Gasteiger partial charge in [0.15, 0.2) is 18.9 Å². The van der Waals surface area contributed by atoms with E-state index in [4.69, 9.17) is 42.3 Å². The fourth-order valence-electron chi connectivity index (χ4n) is 7.15. The summed E-state index contributed by atoms with van der Waals surface area (Å²) in [4.78, 5) is 11.8. The van der Waals surface area contributed by atoms with Crippen molar-refractivity contribution in [2.45, 2.75) is 130 Å². The Kier molecular flexibility index (Phi) is 14.0. The molecule has 56 heavy (non-hydrogen) atoms. The number of aryl methyl sites for hydroxylation is 1. The van der Waals surface area contributed by atoms with Gasteiger partial charge in [-0.1, -0.05) is 0 Å². The Hall–Kier alpha value is -2.53. The summed E-state index contributed by atoms with van der Waals surface area (Å²) in [5.41, 5.74) is 0.243. The summed E-state index contributed by atoms with van der Waals surface area (Å²) >= 11 is 0. The number of fused-ring (bicyclic) bond motifs is 1. The highest BCUT2D eigenvalue weighted by Gasteiger charge is 2.53. The average Bonchev–Trinajstić information content (AvgIpc) is 3.17. The van der Waals surface area contributed by atoms with E-state index in [1.807, 2.05) is 0 Å². The Morgan fingerprint density at radius 3 is 1.73 bits per heavy atom. The molecule has 12 N–H and O–H groups in total. The van der Waals surface area contributed by atoms with Crippen molar-refractivity contribution in [1.82, 2.24) is 0 Å². The second-order valence-corrected chi connectivity index (χ2v) is 14.0. The standard InChI is InChI=1S/C34H48O22/c1-11-4-20(40)49-15-5-12(2-3-13(11)15)48-32-27(46)25(44)31(19(10-38)52-32)56-34-28(47)24(43)30(18(9-37)53-34)54-21-6-14(39)29(17(8-36)50-21)55-33-26(45)23(42)22(41)16(7-35)51-33/h2-5,14,16-19,21-39,41-47H,6-10H2,1H3. The van der Waals surface area contributed by atoms with Gasteiger partial charge in [0.25, 0.3) is 0 Å². The molecule has 4 saturated heterocycles. The normalized spacial score (nSPS) is 43.5. The minimum atomic E-state index is -1.96. The Bertz CT molecular complexity index is 1640. The lowest BCUT2D eigenvalue weighted by atomic mass is 9.96. The van der Waals surface area contributed by atoms with Crippen molar-refractivity contribution in [2.75, 3.05) is 26.4 Å². The van der Waals surface area contributed by atoms with E-state index in [1.54, 1.807) is 13.0 Å². The SMILES string of the molecule is Cc1cc(=O)oc2cc(OC3OC(CO)C(OC4OC(CO)C(OC5CC(O)C(OC6OC(CO)C(O)C(O)C6O)C(CO)O5)C(O)C4O)C(O)C3O)ccc12. The molecule has 0 radical (unpaired) electrons. The van der Waals surface area contributed by atoms with Crippen molar-refractivity contribution in [3.63, 3.8) is 0 Å². The maximum Gasteiger partial charge on any atom is 0.336 e. The van der Waals surface area contributed by atoms with Crippen molar-refractivity contribution in [1.29, 1.82) is 0 Å². The van der Waals surface area contributed by atoms with E-state index in [9.17, 15) is 66.1 Å². The van der Waals surface area contributed by atoms with E-state index in [0.29, 0.717) is 10.9 Å². The van der Waals surface area contributed by atoms with Gasteiger partial charge in [-0.15, -0.1) is 0 Å². The van der Waals surface area contributed by atoms with Crippen LogP contribution in [0.15, 0.2) is 33.5 Å². The first kappa shape index (κ1) is 43.1. The Morgan fingerprint density at radius 1 is 0.589 bits per heavy atom. The summed E-state index contributed by atoms with van der Waals surface area (Å²) in [7, 11) is 0. The summed E-state index contributed by atoms with van der Waals surface area (Å²) in [5, 5.41) is 126. The molecule has 19 unspecified atom stereocenters. The van der Waals surface area contributed by atoms with Gasteiger partial charge in [-0.2, -0.15) is 0 Å². The van der Waals surface area contributed by atoms with Gasteiger partial charge in [-0.3, -0.25) is 0 Å². The fraction of sp³-hybridized carbons (Fsp3) is 0.735. The molecule has 19 atom stereocenters. The molecular formula is C34H48O22. The molecule has 6 rings (SSSR count). The molecule has 0 aliphatic carbocycles. The zero-order valence-corrected chi connectivity index (χ0v) is 29.8. The zero-order chi connectivity index (χ0) is 40.6. The summed E-state index contributed by atoms with van der Waals surface area (Å²) < 4.78 is 50.5.